The molecule has 5 heteroatoms. The molecule has 0 aliphatic carbocycles. The smallest absolute Gasteiger partial charge is 0.317 e. The van der Waals surface area contributed by atoms with Crippen molar-refractivity contribution in [2.24, 2.45) is 0 Å². The van der Waals surface area contributed by atoms with E-state index < -0.39 is 0 Å². The number of nitrogens with one attached hydrogen (secondary N) is 2. The maximum absolute atomic E-state index is 12.4. The second kappa shape index (κ2) is 7.22. The van der Waals surface area contributed by atoms with E-state index in [0.717, 1.165) is 29.7 Å². The van der Waals surface area contributed by atoms with Gasteiger partial charge in [0.05, 0.1) is 5.70 Å². The van der Waals surface area contributed by atoms with Gasteiger partial charge in [-0.15, -0.1) is 0 Å². The van der Waals surface area contributed by atoms with Crippen molar-refractivity contribution in [1.29, 1.82) is 0 Å². The minimum Gasteiger partial charge on any atom is -0.334 e. The van der Waals surface area contributed by atoms with Crippen molar-refractivity contribution in [3.63, 3.8) is 0 Å². The van der Waals surface area contributed by atoms with Gasteiger partial charge in [-0.3, -0.25) is 10.3 Å². The Morgan fingerprint density at radius 1 is 1.04 bits per heavy atom. The first kappa shape index (κ1) is 16.7. The van der Waals surface area contributed by atoms with Crippen molar-refractivity contribution in [1.82, 2.24) is 15.7 Å². The van der Waals surface area contributed by atoms with E-state index >= 15 is 0 Å². The molecule has 0 atom stereocenters. The molecule has 134 valence electrons. The van der Waals surface area contributed by atoms with E-state index in [4.69, 9.17) is 4.84 Å². The largest absolute Gasteiger partial charge is 0.334 e. The van der Waals surface area contributed by atoms with Crippen LogP contribution < -0.4 is 10.8 Å². The van der Waals surface area contributed by atoms with Crippen LogP contribution in [0.4, 0.5) is 4.79 Å². The molecule has 2 aliphatic rings. The summed E-state index contributed by atoms with van der Waals surface area (Å²) in [6, 6.07) is 20.1. The highest BCUT2D eigenvalue weighted by atomic mass is 16.7. The van der Waals surface area contributed by atoms with E-state index in [2.05, 4.69) is 29.0 Å². The zero-order chi connectivity index (χ0) is 17.8. The van der Waals surface area contributed by atoms with Crippen molar-refractivity contribution >= 4 is 11.7 Å². The molecule has 2 N–H and O–H groups in total. The lowest BCUT2D eigenvalue weighted by atomic mass is 9.90. The summed E-state index contributed by atoms with van der Waals surface area (Å²) in [6.07, 6.45) is 3.74. The minimum atomic E-state index is -0.318. The predicted octanol–water partition coefficient (Wildman–Crippen LogP) is 3.31. The highest BCUT2D eigenvalue weighted by Crippen LogP contribution is 2.34. The van der Waals surface area contributed by atoms with Gasteiger partial charge in [0.1, 0.15) is 5.60 Å². The number of amides is 2. The predicted molar refractivity (Wildman–Crippen MR) is 101 cm³/mol. The Hall–Kier alpha value is -2.79. The second-order valence-electron chi connectivity index (χ2n) is 6.82. The van der Waals surface area contributed by atoms with Gasteiger partial charge in [-0.05, 0) is 17.2 Å². The van der Waals surface area contributed by atoms with Gasteiger partial charge in [0.2, 0.25) is 0 Å². The molecular formula is C21H23N3O2. The number of hydroxylamine groups is 1. The quantitative estimate of drug-likeness (QED) is 0.894. The lowest BCUT2D eigenvalue weighted by molar-refractivity contribution is -0.0639. The number of carbonyl (C=O) groups is 1. The fourth-order valence-electron chi connectivity index (χ4n) is 3.46. The number of carbonyl (C=O) groups excluding carboxylic acids is 1. The molecule has 1 spiro atoms. The molecule has 2 amide bonds. The topological polar surface area (TPSA) is 53.6 Å². The number of likely N-dealkylation sites (tertiary alicyclic amines) is 1. The monoisotopic (exact) mass is 349 g/mol. The van der Waals surface area contributed by atoms with Gasteiger partial charge in [0.25, 0.3) is 0 Å². The van der Waals surface area contributed by atoms with Crippen LogP contribution in [0.2, 0.25) is 0 Å². The number of benzene rings is 2. The van der Waals surface area contributed by atoms with Crippen molar-refractivity contribution in [3.05, 3.63) is 77.9 Å². The zero-order valence-corrected chi connectivity index (χ0v) is 14.7. The molecule has 0 saturated carbocycles. The summed E-state index contributed by atoms with van der Waals surface area (Å²) >= 11 is 0. The molecule has 0 unspecified atom stereocenters. The van der Waals surface area contributed by atoms with Gasteiger partial charge in [-0.2, -0.15) is 0 Å². The van der Waals surface area contributed by atoms with Gasteiger partial charge in [-0.25, -0.2) is 4.79 Å². The average Bonchev–Trinajstić information content (AvgIpc) is 3.12. The highest BCUT2D eigenvalue weighted by molar-refractivity contribution is 5.74. The molecule has 26 heavy (non-hydrogen) atoms. The Morgan fingerprint density at radius 2 is 1.69 bits per heavy atom. The summed E-state index contributed by atoms with van der Waals surface area (Å²) in [7, 11) is 0. The van der Waals surface area contributed by atoms with Gasteiger partial charge in [0, 0.05) is 32.5 Å². The molecule has 0 radical (unpaired) electrons. The molecule has 0 bridgehead atoms. The number of hydrogen-bond acceptors (Lipinski definition) is 3. The fraction of sp³-hybridized carbons (Fsp3) is 0.286. The van der Waals surface area contributed by atoms with Gasteiger partial charge in [-0.1, -0.05) is 60.7 Å². The molecule has 5 nitrogen and oxygen atoms in total. The summed E-state index contributed by atoms with van der Waals surface area (Å²) in [4.78, 5) is 20.2. The fourth-order valence-corrected chi connectivity index (χ4v) is 3.46. The summed E-state index contributed by atoms with van der Waals surface area (Å²) < 4.78 is 0. The van der Waals surface area contributed by atoms with Crippen molar-refractivity contribution in [2.45, 2.75) is 25.0 Å². The van der Waals surface area contributed by atoms with Crippen LogP contribution >= 0.6 is 0 Å². The number of nitrogens with zero attached hydrogens (tertiary/aromatic N) is 1. The normalized spacial score (nSPS) is 18.3. The van der Waals surface area contributed by atoms with Crippen LogP contribution in [-0.4, -0.2) is 29.6 Å². The molecular weight excluding hydrogens is 326 g/mol. The molecule has 0 aromatic heterocycles. The van der Waals surface area contributed by atoms with Crippen LogP contribution in [-0.2, 0) is 11.4 Å². The number of piperidine rings is 1. The summed E-state index contributed by atoms with van der Waals surface area (Å²) in [5, 5.41) is 3.00. The number of urea groups is 1. The Morgan fingerprint density at radius 3 is 2.38 bits per heavy atom. The van der Waals surface area contributed by atoms with Gasteiger partial charge in [0.15, 0.2) is 0 Å². The Bertz CT molecular complexity index is 781. The Labute approximate surface area is 153 Å². The lowest BCUT2D eigenvalue weighted by Gasteiger charge is -2.36. The third-order valence-electron chi connectivity index (χ3n) is 5.04. The summed E-state index contributed by atoms with van der Waals surface area (Å²) in [6.45, 7) is 1.92. The minimum absolute atomic E-state index is 0.0121. The van der Waals surface area contributed by atoms with Crippen LogP contribution in [0.5, 0.6) is 0 Å². The lowest BCUT2D eigenvalue weighted by Crippen LogP contribution is -2.49. The standard InChI is InChI=1S/C21H23N3O2/c25-20(22-16-17-7-3-1-4-8-17)24-13-11-21(12-14-24)15-19(23-26-21)18-9-5-2-6-10-18/h1-10,15,23H,11-14,16H2,(H,22,25). The highest BCUT2D eigenvalue weighted by Gasteiger charge is 2.39. The van der Waals surface area contributed by atoms with Gasteiger partial charge >= 0.3 is 6.03 Å². The zero-order valence-electron chi connectivity index (χ0n) is 14.7. The first-order chi connectivity index (χ1) is 12.7. The van der Waals surface area contributed by atoms with E-state index in [1.54, 1.807) is 0 Å². The molecule has 1 fully saturated rings. The van der Waals surface area contributed by atoms with Gasteiger partial charge < -0.3 is 10.2 Å². The number of rotatable bonds is 3. The maximum Gasteiger partial charge on any atom is 0.317 e. The van der Waals surface area contributed by atoms with Crippen LogP contribution in [0.3, 0.4) is 0 Å². The molecule has 2 aromatic carbocycles. The SMILES string of the molecule is O=C(NCc1ccccc1)N1CCC2(C=C(c3ccccc3)NO2)CC1. The number of hydrogen-bond donors (Lipinski definition) is 2. The van der Waals surface area contributed by atoms with Crippen molar-refractivity contribution in [2.75, 3.05) is 13.1 Å². The van der Waals surface area contributed by atoms with Crippen LogP contribution in [0.15, 0.2) is 66.7 Å². The van der Waals surface area contributed by atoms with E-state index in [-0.39, 0.29) is 11.6 Å². The van der Waals surface area contributed by atoms with Crippen molar-refractivity contribution in [3.8, 4) is 0 Å². The van der Waals surface area contributed by atoms with E-state index in [1.807, 2.05) is 53.4 Å². The van der Waals surface area contributed by atoms with E-state index in [0.29, 0.717) is 19.6 Å². The summed E-state index contributed by atoms with van der Waals surface area (Å²) in [5.74, 6) is 0. The molecule has 2 aliphatic heterocycles. The van der Waals surface area contributed by atoms with E-state index in [9.17, 15) is 4.79 Å². The third-order valence-corrected chi connectivity index (χ3v) is 5.04. The second-order valence-corrected chi connectivity index (χ2v) is 6.82. The third kappa shape index (κ3) is 3.58. The summed E-state index contributed by atoms with van der Waals surface area (Å²) in [5.41, 5.74) is 5.98. The Balaban J connectivity index is 1.33. The first-order valence-electron chi connectivity index (χ1n) is 9.03. The van der Waals surface area contributed by atoms with Crippen LogP contribution in [0, 0.1) is 0 Å². The Kier molecular flexibility index (Phi) is 4.63. The van der Waals surface area contributed by atoms with E-state index in [1.165, 1.54) is 0 Å². The maximum atomic E-state index is 12.4. The molecule has 2 aromatic rings. The van der Waals surface area contributed by atoms with Crippen LogP contribution in [0.25, 0.3) is 5.70 Å². The van der Waals surface area contributed by atoms with Crippen LogP contribution in [0.1, 0.15) is 24.0 Å². The molecule has 2 heterocycles. The first-order valence-corrected chi connectivity index (χ1v) is 9.03. The molecule has 4 rings (SSSR count). The molecule has 1 saturated heterocycles. The van der Waals surface area contributed by atoms with Crippen molar-refractivity contribution < 1.29 is 9.63 Å². The average molecular weight is 349 g/mol.